The third-order valence-corrected chi connectivity index (χ3v) is 17.1. The largest absolute Gasteiger partial charge is 0.820 e. The minimum atomic E-state index is -4.67. The lowest BCUT2D eigenvalue weighted by Gasteiger charge is -2.24. The number of fused-ring (bicyclic) bond motifs is 14. The highest BCUT2D eigenvalue weighted by Crippen LogP contribution is 2.52. The van der Waals surface area contributed by atoms with Gasteiger partial charge in [0.1, 0.15) is 34.1 Å². The second-order valence-corrected chi connectivity index (χ2v) is 21.9. The molecule has 0 unspecified atom stereocenters. The standard InChI is InChI=1S/C32H12Br4N8.C12H11O4P.Al/c33-13-1-5-17-21(9-13)29-37-25(17)41-30-22-10-14(34)2-6-18(22)27(38-30)43-32-24-12-16(36)4-8-20(24)28(40-32)44-31-23-11-15(35)3-7-19(23)26(39-31)42-29;13-17(14,15-11-7-3-1-4-8-11)16-12-9-5-2-6-10-12;/h1-12H;1-10H,(H,13,14);/q-2;;+3/p-1. The van der Waals surface area contributed by atoms with Crippen molar-refractivity contribution in [1.82, 2.24) is 7.10 Å². The van der Waals surface area contributed by atoms with Crippen LogP contribution in [0.3, 0.4) is 0 Å². The summed E-state index contributed by atoms with van der Waals surface area (Å²) in [4.78, 5) is 31.8. The Morgan fingerprint density at radius 2 is 0.887 bits per heavy atom. The van der Waals surface area contributed by atoms with Crippen LogP contribution in [0.25, 0.3) is 21.5 Å². The Hall–Kier alpha value is -5.08. The smallest absolute Gasteiger partial charge is 0.397 e. The van der Waals surface area contributed by atoms with Crippen molar-refractivity contribution >= 4 is 143 Å². The van der Waals surface area contributed by atoms with Crippen LogP contribution < -0.4 is 20.0 Å². The van der Waals surface area contributed by atoms with Crippen LogP contribution in [0.4, 0.5) is 11.6 Å². The van der Waals surface area contributed by atoms with Gasteiger partial charge in [0.15, 0.2) is 23.3 Å². The Labute approximate surface area is 390 Å². The summed E-state index contributed by atoms with van der Waals surface area (Å²) in [5.74, 6) is 3.19. The van der Waals surface area contributed by atoms with Gasteiger partial charge in [-0.2, -0.15) is 0 Å². The van der Waals surface area contributed by atoms with Crippen molar-refractivity contribution < 1.29 is 17.2 Å². The molecule has 0 radical (unpaired) electrons. The highest BCUT2D eigenvalue weighted by molar-refractivity contribution is 9.11. The highest BCUT2D eigenvalue weighted by atomic mass is 79.9. The SMILES string of the molecule is O=P(Oc1ccccc1)(Oc1ccccc1)[O][Al]1[n]2c3c4cc(Br)ccc4c2N=C2N=C(N=c4c5cc(Br)ccc5c([n]41)=NC1=NC(=N3)c3ccc(Br)cc31)c1ccc(Br)cc12. The van der Waals surface area contributed by atoms with Crippen molar-refractivity contribution in [3.63, 3.8) is 0 Å². The van der Waals surface area contributed by atoms with Crippen molar-refractivity contribution in [3.05, 3.63) is 185 Å². The number of benzene rings is 6. The highest BCUT2D eigenvalue weighted by Gasteiger charge is 2.49. The lowest BCUT2D eigenvalue weighted by atomic mass is 10.1. The molecule has 62 heavy (non-hydrogen) atoms. The van der Waals surface area contributed by atoms with Crippen LogP contribution in [0.1, 0.15) is 22.3 Å². The predicted molar refractivity (Wildman–Crippen MR) is 255 cm³/mol. The summed E-state index contributed by atoms with van der Waals surface area (Å²) < 4.78 is 43.0. The summed E-state index contributed by atoms with van der Waals surface area (Å²) >= 11 is 11.1. The summed E-state index contributed by atoms with van der Waals surface area (Å²) in [6.07, 6.45) is 0. The van der Waals surface area contributed by atoms with Crippen LogP contribution in [0.15, 0.2) is 181 Å². The number of halogens is 4. The van der Waals surface area contributed by atoms with E-state index in [0.717, 1.165) is 61.7 Å². The van der Waals surface area contributed by atoms with E-state index >= 15 is 4.57 Å². The van der Waals surface area contributed by atoms with Gasteiger partial charge in [-0.1, -0.05) is 100 Å². The average molecular weight is 1100 g/mol. The molecule has 6 aromatic carbocycles. The van der Waals surface area contributed by atoms with Gasteiger partial charge in [-0.25, -0.2) is 34.5 Å². The molecule has 6 heterocycles. The molecule has 4 aliphatic heterocycles. The molecule has 0 N–H and O–H groups in total. The van der Waals surface area contributed by atoms with Crippen LogP contribution in [0, 0.1) is 0 Å². The molecule has 12 rings (SSSR count). The van der Waals surface area contributed by atoms with Gasteiger partial charge in [0.2, 0.25) is 0 Å². The molecule has 4 aliphatic rings. The fourth-order valence-corrected chi connectivity index (χ4v) is 14.1. The Balaban J connectivity index is 1.28. The van der Waals surface area contributed by atoms with Gasteiger partial charge in [-0.15, -0.1) is 0 Å². The Kier molecular flexibility index (Phi) is 9.18. The molecule has 0 saturated heterocycles. The molecule has 0 amide bonds. The van der Waals surface area contributed by atoms with Gasteiger partial charge < -0.3 is 19.7 Å². The summed E-state index contributed by atoms with van der Waals surface area (Å²) in [7, 11) is -4.67. The topological polar surface area (TPSA) is 129 Å². The van der Waals surface area contributed by atoms with Crippen molar-refractivity contribution in [1.29, 1.82) is 0 Å². The number of rotatable bonds is 6. The Morgan fingerprint density at radius 1 is 0.435 bits per heavy atom. The lowest BCUT2D eigenvalue weighted by molar-refractivity contribution is 0.294. The van der Waals surface area contributed by atoms with Crippen LogP contribution in [-0.4, -0.2) is 45.4 Å². The number of para-hydroxylation sites is 2. The summed E-state index contributed by atoms with van der Waals surface area (Å²) in [6.45, 7) is 0. The fraction of sp³-hybridized carbons (Fsp3) is 0. The van der Waals surface area contributed by atoms with Crippen LogP contribution in [0.5, 0.6) is 11.5 Å². The molecule has 0 fully saturated rings. The Morgan fingerprint density at radius 3 is 1.48 bits per heavy atom. The third kappa shape index (κ3) is 6.40. The van der Waals surface area contributed by atoms with Crippen molar-refractivity contribution in [2.24, 2.45) is 30.0 Å². The maximum Gasteiger partial charge on any atom is 0.820 e. The van der Waals surface area contributed by atoms with E-state index in [4.69, 9.17) is 42.6 Å². The van der Waals surface area contributed by atoms with Crippen molar-refractivity contribution in [2.45, 2.75) is 0 Å². The first-order valence-corrected chi connectivity index (χ1v) is 25.1. The molecule has 0 spiro atoms. The number of hydrogen-bond donors (Lipinski definition) is 0. The molecular formula is C44H22AlBr4N8O4P. The molecule has 0 atom stereocenters. The minimum Gasteiger partial charge on any atom is -0.397 e. The zero-order chi connectivity index (χ0) is 41.9. The number of phosphoric acid groups is 1. The van der Waals surface area contributed by atoms with E-state index in [9.17, 15) is 0 Å². The zero-order valence-electron chi connectivity index (χ0n) is 31.4. The molecule has 12 nitrogen and oxygen atoms in total. The molecule has 0 saturated carbocycles. The van der Waals surface area contributed by atoms with Gasteiger partial charge in [-0.3, -0.25) is 0 Å². The first-order chi connectivity index (χ1) is 30.2. The monoisotopic (exact) mass is 1100 g/mol. The van der Waals surface area contributed by atoms with Crippen LogP contribution >= 0.6 is 71.5 Å². The summed E-state index contributed by atoms with van der Waals surface area (Å²) in [6, 6.07) is 41.3. The summed E-state index contributed by atoms with van der Waals surface area (Å²) in [5, 5.41) is 2.92. The quantitative estimate of drug-likeness (QED) is 0.121. The number of nitrogens with zero attached hydrogens (tertiary/aromatic N) is 8. The van der Waals surface area contributed by atoms with Crippen LogP contribution in [-0.2, 0) is 8.14 Å². The van der Waals surface area contributed by atoms with E-state index in [-0.39, 0.29) is 11.5 Å². The molecule has 0 aliphatic carbocycles. The fourth-order valence-electron chi connectivity index (χ4n) is 7.97. The molecule has 8 aromatic rings. The molecular weight excluding hydrogens is 1080 g/mol. The third-order valence-electron chi connectivity index (χ3n) is 10.6. The van der Waals surface area contributed by atoms with E-state index in [1.807, 2.05) is 92.0 Å². The van der Waals surface area contributed by atoms with E-state index in [1.54, 1.807) is 48.5 Å². The maximum atomic E-state index is 15.9. The second kappa shape index (κ2) is 14.8. The first-order valence-electron chi connectivity index (χ1n) is 19.0. The van der Waals surface area contributed by atoms with Crippen LogP contribution in [0.2, 0.25) is 0 Å². The first kappa shape index (κ1) is 38.6. The normalized spacial score (nSPS) is 14.5. The Bertz CT molecular complexity index is 3570. The summed E-state index contributed by atoms with van der Waals surface area (Å²) in [5.41, 5.74) is 4.02. The van der Waals surface area contributed by atoms with Gasteiger partial charge in [0.05, 0.1) is 0 Å². The van der Waals surface area contributed by atoms with Gasteiger partial charge in [0, 0.05) is 61.7 Å². The molecule has 18 heteroatoms. The molecule has 2 aromatic heterocycles. The predicted octanol–water partition coefficient (Wildman–Crippen LogP) is 11.3. The van der Waals surface area contributed by atoms with Gasteiger partial charge in [0.25, 0.3) is 0 Å². The number of aliphatic imine (C=N–C) groups is 4. The van der Waals surface area contributed by atoms with Crippen molar-refractivity contribution in [3.8, 4) is 11.5 Å². The van der Waals surface area contributed by atoms with Gasteiger partial charge >= 0.3 is 22.7 Å². The molecule has 6 bridgehead atoms. The second-order valence-electron chi connectivity index (χ2n) is 14.4. The van der Waals surface area contributed by atoms with E-state index < -0.39 is 22.7 Å². The average Bonchev–Trinajstić information content (AvgIpc) is 3.95. The molecule has 298 valence electrons. The number of aromatic nitrogens is 2. The lowest BCUT2D eigenvalue weighted by Crippen LogP contribution is -2.48. The van der Waals surface area contributed by atoms with Gasteiger partial charge in [-0.05, 0) is 97.1 Å². The van der Waals surface area contributed by atoms with E-state index in [2.05, 4.69) is 63.7 Å². The van der Waals surface area contributed by atoms with E-state index in [1.165, 1.54) is 0 Å². The maximum absolute atomic E-state index is 15.9. The number of amidine groups is 4. The zero-order valence-corrected chi connectivity index (χ0v) is 39.8. The minimum absolute atomic E-state index is 0.280. The number of hydrogen-bond acceptors (Lipinski definition) is 10. The van der Waals surface area contributed by atoms with E-state index in [0.29, 0.717) is 46.0 Å². The van der Waals surface area contributed by atoms with Crippen molar-refractivity contribution in [2.75, 3.05) is 0 Å². The number of phosphoric ester groups is 1.